The fourth-order valence-corrected chi connectivity index (χ4v) is 2.54. The molecule has 0 radical (unpaired) electrons. The van der Waals surface area contributed by atoms with Crippen molar-refractivity contribution in [3.8, 4) is 0 Å². The molecule has 0 amide bonds. The van der Waals surface area contributed by atoms with Crippen molar-refractivity contribution in [2.24, 2.45) is 5.92 Å². The van der Waals surface area contributed by atoms with E-state index in [4.69, 9.17) is 0 Å². The molecule has 1 heterocycles. The molecule has 1 aromatic carbocycles. The number of ether oxygens (including phenoxy) is 1. The Hall–Kier alpha value is -1.68. The lowest BCUT2D eigenvalue weighted by Crippen LogP contribution is -2.35. The van der Waals surface area contributed by atoms with Crippen LogP contribution in [0, 0.1) is 5.92 Å². The topological polar surface area (TPSA) is 46.6 Å². The molecule has 4 nitrogen and oxygen atoms in total. The number of rotatable bonds is 4. The first-order valence-electron chi connectivity index (χ1n) is 6.50. The molecular weight excluding hydrogens is 242 g/mol. The van der Waals surface area contributed by atoms with E-state index in [1.54, 1.807) is 0 Å². The first-order valence-corrected chi connectivity index (χ1v) is 6.50. The van der Waals surface area contributed by atoms with E-state index in [0.29, 0.717) is 13.1 Å². The molecule has 0 spiro atoms. The Morgan fingerprint density at radius 1 is 1.37 bits per heavy atom. The maximum Gasteiger partial charge on any atom is 0.307 e. The van der Waals surface area contributed by atoms with E-state index in [-0.39, 0.29) is 30.1 Å². The number of Topliss-reactive ketones (excluding diaryl/α,β-unsaturated/α-hetero) is 1. The highest BCUT2D eigenvalue weighted by Gasteiger charge is 2.39. The van der Waals surface area contributed by atoms with Crippen LogP contribution in [-0.4, -0.2) is 36.3 Å². The Morgan fingerprint density at radius 2 is 2.05 bits per heavy atom. The average molecular weight is 261 g/mol. The third-order valence-electron chi connectivity index (χ3n) is 3.58. The average Bonchev–Trinajstić information content (AvgIpc) is 2.67. The van der Waals surface area contributed by atoms with Crippen LogP contribution in [0.4, 0.5) is 0 Å². The van der Waals surface area contributed by atoms with Gasteiger partial charge in [0.05, 0.1) is 19.6 Å². The van der Waals surface area contributed by atoms with E-state index in [9.17, 15) is 9.59 Å². The highest BCUT2D eigenvalue weighted by molar-refractivity contribution is 5.91. The monoisotopic (exact) mass is 261 g/mol. The van der Waals surface area contributed by atoms with E-state index in [0.717, 1.165) is 5.56 Å². The van der Waals surface area contributed by atoms with Crippen molar-refractivity contribution in [2.45, 2.75) is 25.9 Å². The van der Waals surface area contributed by atoms with Gasteiger partial charge in [-0.05, 0) is 5.56 Å². The summed E-state index contributed by atoms with van der Waals surface area (Å²) in [6, 6.07) is 9.64. The summed E-state index contributed by atoms with van der Waals surface area (Å²) in [5.41, 5.74) is 1.15. The van der Waals surface area contributed by atoms with Gasteiger partial charge in [0.2, 0.25) is 0 Å². The van der Waals surface area contributed by atoms with E-state index >= 15 is 0 Å². The van der Waals surface area contributed by atoms with Gasteiger partial charge in [-0.3, -0.25) is 14.5 Å². The Kier molecular flexibility index (Phi) is 4.32. The second-order valence-corrected chi connectivity index (χ2v) is 5.01. The highest BCUT2D eigenvalue weighted by Crippen LogP contribution is 2.24. The van der Waals surface area contributed by atoms with Crippen molar-refractivity contribution in [1.82, 2.24) is 4.90 Å². The summed E-state index contributed by atoms with van der Waals surface area (Å²) < 4.78 is 4.68. The summed E-state index contributed by atoms with van der Waals surface area (Å²) in [5, 5.41) is 0. The zero-order chi connectivity index (χ0) is 13.8. The normalized spacial score (nSPS) is 23.6. The van der Waals surface area contributed by atoms with Crippen molar-refractivity contribution in [3.63, 3.8) is 0 Å². The summed E-state index contributed by atoms with van der Waals surface area (Å²) in [7, 11) is 1.35. The van der Waals surface area contributed by atoms with Crippen LogP contribution in [0.15, 0.2) is 30.3 Å². The predicted molar refractivity (Wildman–Crippen MR) is 71.4 cm³/mol. The van der Waals surface area contributed by atoms with Crippen molar-refractivity contribution in [1.29, 1.82) is 0 Å². The lowest BCUT2D eigenvalue weighted by atomic mass is 10.0. The van der Waals surface area contributed by atoms with Crippen molar-refractivity contribution < 1.29 is 14.3 Å². The summed E-state index contributed by atoms with van der Waals surface area (Å²) in [5.74, 6) is -0.204. The van der Waals surface area contributed by atoms with Crippen LogP contribution in [0.25, 0.3) is 0 Å². The molecule has 1 aromatic rings. The predicted octanol–water partition coefficient (Wildman–Crippen LogP) is 1.64. The van der Waals surface area contributed by atoms with Crippen LogP contribution < -0.4 is 0 Å². The Bertz CT molecular complexity index is 458. The number of nitrogens with zero attached hydrogens (tertiary/aromatic N) is 1. The number of hydrogen-bond donors (Lipinski definition) is 0. The zero-order valence-electron chi connectivity index (χ0n) is 11.3. The summed E-state index contributed by atoms with van der Waals surface area (Å²) >= 11 is 0. The maximum absolute atomic E-state index is 12.1. The number of likely N-dealkylation sites (tertiary alicyclic amines) is 1. The lowest BCUT2D eigenvalue weighted by molar-refractivity contribution is -0.143. The van der Waals surface area contributed by atoms with E-state index in [1.807, 2.05) is 37.3 Å². The highest BCUT2D eigenvalue weighted by atomic mass is 16.5. The van der Waals surface area contributed by atoms with E-state index in [2.05, 4.69) is 9.64 Å². The molecule has 2 atom stereocenters. The minimum Gasteiger partial charge on any atom is -0.469 e. The number of esters is 1. The molecule has 19 heavy (non-hydrogen) atoms. The molecular formula is C15H19NO3. The van der Waals surface area contributed by atoms with Crippen molar-refractivity contribution in [2.75, 3.05) is 13.7 Å². The van der Waals surface area contributed by atoms with Crippen LogP contribution in [0.5, 0.6) is 0 Å². The number of ketones is 1. The maximum atomic E-state index is 12.1. The lowest BCUT2D eigenvalue weighted by Gasteiger charge is -2.22. The van der Waals surface area contributed by atoms with Gasteiger partial charge in [0.25, 0.3) is 0 Å². The molecule has 0 aliphatic carbocycles. The second kappa shape index (κ2) is 5.97. The van der Waals surface area contributed by atoms with Gasteiger partial charge in [-0.2, -0.15) is 0 Å². The zero-order valence-corrected chi connectivity index (χ0v) is 11.3. The van der Waals surface area contributed by atoms with Crippen LogP contribution >= 0.6 is 0 Å². The third-order valence-corrected chi connectivity index (χ3v) is 3.58. The molecule has 0 aromatic heterocycles. The number of benzene rings is 1. The molecule has 1 aliphatic heterocycles. The molecule has 1 aliphatic rings. The smallest absolute Gasteiger partial charge is 0.307 e. The largest absolute Gasteiger partial charge is 0.469 e. The van der Waals surface area contributed by atoms with Crippen LogP contribution in [-0.2, 0) is 20.9 Å². The Morgan fingerprint density at radius 3 is 2.68 bits per heavy atom. The fourth-order valence-electron chi connectivity index (χ4n) is 2.54. The number of hydrogen-bond acceptors (Lipinski definition) is 4. The van der Waals surface area contributed by atoms with Crippen LogP contribution in [0.1, 0.15) is 18.9 Å². The van der Waals surface area contributed by atoms with Gasteiger partial charge in [-0.15, -0.1) is 0 Å². The molecule has 0 saturated carbocycles. The molecule has 0 bridgehead atoms. The SMILES string of the molecule is COC(=O)C[C@H]1C(=O)C(C)CN1Cc1ccccc1. The van der Waals surface area contributed by atoms with Gasteiger partial charge in [0, 0.05) is 19.0 Å². The standard InChI is InChI=1S/C15H19NO3/c1-11-9-16(10-12-6-4-3-5-7-12)13(15(11)18)8-14(17)19-2/h3-7,11,13H,8-10H2,1-2H3/t11?,13-/m0/s1. The first kappa shape index (κ1) is 13.7. The fraction of sp³-hybridized carbons (Fsp3) is 0.467. The molecule has 2 rings (SSSR count). The number of methoxy groups -OCH3 is 1. The third kappa shape index (κ3) is 3.20. The molecule has 102 valence electrons. The van der Waals surface area contributed by atoms with E-state index < -0.39 is 0 Å². The van der Waals surface area contributed by atoms with Gasteiger partial charge in [-0.25, -0.2) is 0 Å². The second-order valence-electron chi connectivity index (χ2n) is 5.01. The van der Waals surface area contributed by atoms with Gasteiger partial charge >= 0.3 is 5.97 Å². The van der Waals surface area contributed by atoms with E-state index in [1.165, 1.54) is 7.11 Å². The van der Waals surface area contributed by atoms with Gasteiger partial charge < -0.3 is 4.74 Å². The number of carbonyl (C=O) groups excluding carboxylic acids is 2. The molecule has 1 unspecified atom stereocenters. The van der Waals surface area contributed by atoms with Gasteiger partial charge in [0.15, 0.2) is 5.78 Å². The summed E-state index contributed by atoms with van der Waals surface area (Å²) in [6.07, 6.45) is 0.145. The Balaban J connectivity index is 2.09. The molecule has 4 heteroatoms. The van der Waals surface area contributed by atoms with Crippen molar-refractivity contribution in [3.05, 3.63) is 35.9 Å². The first-order chi connectivity index (χ1) is 9.11. The minimum atomic E-state index is -0.345. The molecule has 0 N–H and O–H groups in total. The Labute approximate surface area is 113 Å². The molecule has 1 fully saturated rings. The van der Waals surface area contributed by atoms with Crippen molar-refractivity contribution >= 4 is 11.8 Å². The quantitative estimate of drug-likeness (QED) is 0.773. The molecule has 1 saturated heterocycles. The summed E-state index contributed by atoms with van der Waals surface area (Å²) in [6.45, 7) is 3.31. The summed E-state index contributed by atoms with van der Waals surface area (Å²) in [4.78, 5) is 25.6. The van der Waals surface area contributed by atoms with Crippen LogP contribution in [0.3, 0.4) is 0 Å². The van der Waals surface area contributed by atoms with Gasteiger partial charge in [0.1, 0.15) is 0 Å². The van der Waals surface area contributed by atoms with Crippen LogP contribution in [0.2, 0.25) is 0 Å². The number of carbonyl (C=O) groups is 2. The van der Waals surface area contributed by atoms with Gasteiger partial charge in [-0.1, -0.05) is 37.3 Å². The minimum absolute atomic E-state index is 0.0154.